The second-order valence-corrected chi connectivity index (χ2v) is 6.77. The molecule has 0 saturated heterocycles. The lowest BCUT2D eigenvalue weighted by Crippen LogP contribution is -2.23. The molecule has 2 heterocycles. The third-order valence-electron chi connectivity index (χ3n) is 4.57. The van der Waals surface area contributed by atoms with Gasteiger partial charge in [0.05, 0.1) is 13.6 Å². The van der Waals surface area contributed by atoms with Crippen LogP contribution < -0.4 is 4.57 Å². The number of hydrogen-bond donors (Lipinski definition) is 0. The van der Waals surface area contributed by atoms with Crippen molar-refractivity contribution >= 4 is 0 Å². The third-order valence-corrected chi connectivity index (χ3v) is 4.57. The summed E-state index contributed by atoms with van der Waals surface area (Å²) in [4.78, 5) is 0. The highest BCUT2D eigenvalue weighted by Crippen LogP contribution is 2.11. The summed E-state index contributed by atoms with van der Waals surface area (Å²) in [6.45, 7) is 2.36. The maximum absolute atomic E-state index is 2.29. The van der Waals surface area contributed by atoms with Crippen LogP contribution in [0.25, 0.3) is 0 Å². The monoisotopic (exact) mass is 316 g/mol. The Morgan fingerprint density at radius 1 is 0.609 bits per heavy atom. The number of aromatic nitrogens is 3. The Labute approximate surface area is 142 Å². The van der Waals surface area contributed by atoms with Crippen LogP contribution in [0.5, 0.6) is 0 Å². The average Bonchev–Trinajstić information content (AvgIpc) is 3.20. The number of imidazole rings is 1. The third kappa shape index (κ3) is 8.06. The van der Waals surface area contributed by atoms with Crippen molar-refractivity contribution in [2.75, 3.05) is 0 Å². The normalized spacial score (nSPS) is 11.2. The van der Waals surface area contributed by atoms with E-state index >= 15 is 0 Å². The van der Waals surface area contributed by atoms with Crippen molar-refractivity contribution < 1.29 is 4.57 Å². The molecule has 2 rings (SSSR count). The molecule has 0 bridgehead atoms. The molecule has 0 unspecified atom stereocenters. The second kappa shape index (κ2) is 11.1. The van der Waals surface area contributed by atoms with Gasteiger partial charge in [-0.05, 0) is 31.4 Å². The van der Waals surface area contributed by atoms with Gasteiger partial charge in [-0.25, -0.2) is 9.13 Å². The molecule has 128 valence electrons. The molecule has 0 aliphatic rings. The van der Waals surface area contributed by atoms with E-state index in [2.05, 4.69) is 64.0 Å². The van der Waals surface area contributed by atoms with E-state index in [0.29, 0.717) is 0 Å². The average molecular weight is 317 g/mol. The van der Waals surface area contributed by atoms with Gasteiger partial charge in [0.1, 0.15) is 12.4 Å². The quantitative estimate of drug-likeness (QED) is 0.375. The van der Waals surface area contributed by atoms with E-state index in [4.69, 9.17) is 0 Å². The lowest BCUT2D eigenvalue weighted by atomic mass is 10.1. The van der Waals surface area contributed by atoms with Gasteiger partial charge in [-0.15, -0.1) is 0 Å². The summed E-state index contributed by atoms with van der Waals surface area (Å²) in [5, 5.41) is 0. The maximum atomic E-state index is 2.29. The van der Waals surface area contributed by atoms with Crippen molar-refractivity contribution in [3.63, 3.8) is 0 Å². The van der Waals surface area contributed by atoms with Crippen LogP contribution in [0.4, 0.5) is 0 Å². The first kappa shape index (κ1) is 17.8. The first-order valence-electron chi connectivity index (χ1n) is 9.46. The Kier molecular flexibility index (Phi) is 8.60. The van der Waals surface area contributed by atoms with Gasteiger partial charge in [-0.3, -0.25) is 0 Å². The minimum Gasteiger partial charge on any atom is -0.354 e. The molecule has 2 aromatic heterocycles. The number of nitrogens with zero attached hydrogens (tertiary/aromatic N) is 3. The van der Waals surface area contributed by atoms with Crippen molar-refractivity contribution in [3.8, 4) is 0 Å². The second-order valence-electron chi connectivity index (χ2n) is 6.77. The van der Waals surface area contributed by atoms with E-state index in [0.717, 1.165) is 0 Å². The molecule has 0 radical (unpaired) electrons. The van der Waals surface area contributed by atoms with Crippen molar-refractivity contribution in [2.24, 2.45) is 7.05 Å². The van der Waals surface area contributed by atoms with E-state index < -0.39 is 0 Å². The van der Waals surface area contributed by atoms with Crippen LogP contribution in [0.3, 0.4) is 0 Å². The Morgan fingerprint density at radius 3 is 1.57 bits per heavy atom. The zero-order valence-corrected chi connectivity index (χ0v) is 14.9. The molecular formula is C20H34N3+. The molecule has 3 nitrogen and oxygen atoms in total. The van der Waals surface area contributed by atoms with E-state index in [9.17, 15) is 0 Å². The smallest absolute Gasteiger partial charge is 0.243 e. The summed E-state index contributed by atoms with van der Waals surface area (Å²) in [6, 6.07) is 4.22. The molecular weight excluding hydrogens is 282 g/mol. The van der Waals surface area contributed by atoms with Crippen LogP contribution >= 0.6 is 0 Å². The molecule has 0 spiro atoms. The lowest BCUT2D eigenvalue weighted by molar-refractivity contribution is -0.671. The highest BCUT2D eigenvalue weighted by atomic mass is 15.1. The lowest BCUT2D eigenvalue weighted by Gasteiger charge is -2.04. The van der Waals surface area contributed by atoms with E-state index in [1.165, 1.54) is 77.3 Å². The maximum Gasteiger partial charge on any atom is 0.243 e. The number of aryl methyl sites for hydroxylation is 3. The predicted octanol–water partition coefficient (Wildman–Crippen LogP) is 4.72. The van der Waals surface area contributed by atoms with Crippen LogP contribution in [-0.4, -0.2) is 9.13 Å². The van der Waals surface area contributed by atoms with Gasteiger partial charge in [-0.1, -0.05) is 44.9 Å². The molecule has 0 aromatic carbocycles. The Hall–Kier alpha value is -1.51. The zero-order valence-electron chi connectivity index (χ0n) is 14.9. The van der Waals surface area contributed by atoms with E-state index in [1.807, 2.05) is 0 Å². The van der Waals surface area contributed by atoms with Gasteiger partial charge in [0.25, 0.3) is 0 Å². The predicted molar refractivity (Wildman–Crippen MR) is 96.2 cm³/mol. The van der Waals surface area contributed by atoms with Crippen LogP contribution in [0.1, 0.15) is 64.2 Å². The number of hydrogen-bond acceptors (Lipinski definition) is 0. The highest BCUT2D eigenvalue weighted by molar-refractivity contribution is 4.89. The molecule has 0 fully saturated rings. The summed E-state index contributed by atoms with van der Waals surface area (Å²) in [7, 11) is 2.08. The topological polar surface area (TPSA) is 13.7 Å². The highest BCUT2D eigenvalue weighted by Gasteiger charge is 1.99. The Bertz CT molecular complexity index is 499. The molecule has 0 amide bonds. The van der Waals surface area contributed by atoms with Gasteiger partial charge in [0.2, 0.25) is 6.33 Å². The number of rotatable bonds is 13. The van der Waals surface area contributed by atoms with Gasteiger partial charge < -0.3 is 4.57 Å². The first-order valence-corrected chi connectivity index (χ1v) is 9.46. The minimum atomic E-state index is 1.17. The Balaban J connectivity index is 1.30. The fourth-order valence-electron chi connectivity index (χ4n) is 3.16. The molecule has 0 saturated carbocycles. The van der Waals surface area contributed by atoms with Gasteiger partial charge in [-0.2, -0.15) is 0 Å². The molecule has 0 N–H and O–H groups in total. The van der Waals surface area contributed by atoms with Gasteiger partial charge >= 0.3 is 0 Å². The molecule has 0 aliphatic heterocycles. The van der Waals surface area contributed by atoms with Crippen LogP contribution in [0.2, 0.25) is 0 Å². The van der Waals surface area contributed by atoms with Crippen LogP contribution in [0.15, 0.2) is 43.2 Å². The number of unbranched alkanes of at least 4 members (excludes halogenated alkanes) is 9. The summed E-state index contributed by atoms with van der Waals surface area (Å²) < 4.78 is 6.68. The summed E-state index contributed by atoms with van der Waals surface area (Å²) in [6.07, 6.45) is 24.7. The largest absolute Gasteiger partial charge is 0.354 e. The first-order chi connectivity index (χ1) is 11.3. The zero-order chi connectivity index (χ0) is 16.2. The Morgan fingerprint density at radius 2 is 1.09 bits per heavy atom. The van der Waals surface area contributed by atoms with Crippen molar-refractivity contribution in [1.82, 2.24) is 9.13 Å². The molecule has 3 heteroatoms. The van der Waals surface area contributed by atoms with E-state index in [1.54, 1.807) is 0 Å². The van der Waals surface area contributed by atoms with Crippen molar-refractivity contribution in [1.29, 1.82) is 0 Å². The van der Waals surface area contributed by atoms with Gasteiger partial charge in [0.15, 0.2) is 0 Å². The van der Waals surface area contributed by atoms with Crippen molar-refractivity contribution in [3.05, 3.63) is 43.2 Å². The van der Waals surface area contributed by atoms with Crippen molar-refractivity contribution in [2.45, 2.75) is 77.3 Å². The molecule has 2 aromatic rings. The fraction of sp³-hybridized carbons (Fsp3) is 0.650. The summed E-state index contributed by atoms with van der Waals surface area (Å²) in [5.41, 5.74) is 0. The van der Waals surface area contributed by atoms with E-state index in [-0.39, 0.29) is 0 Å². The van der Waals surface area contributed by atoms with Crippen LogP contribution in [-0.2, 0) is 20.1 Å². The molecule has 23 heavy (non-hydrogen) atoms. The summed E-state index contributed by atoms with van der Waals surface area (Å²) >= 11 is 0. The van der Waals surface area contributed by atoms with Gasteiger partial charge in [0, 0.05) is 18.9 Å². The van der Waals surface area contributed by atoms with Crippen LogP contribution in [0, 0.1) is 0 Å². The summed E-state index contributed by atoms with van der Waals surface area (Å²) in [5.74, 6) is 0. The molecule has 0 atom stereocenters. The fourth-order valence-corrected chi connectivity index (χ4v) is 3.16. The molecule has 0 aliphatic carbocycles. The standard InChI is InChI=1S/C20H34N3/c1-21-18-19-23(20-21)17-11-9-7-5-3-2-4-6-8-10-14-22-15-12-13-16-22/h12-13,15-16,18-20H,2-11,14,17H2,1H3/q+1. The SMILES string of the molecule is C[n+]1ccn(CCCCCCCCCCCCn2cccc2)c1. The minimum absolute atomic E-state index is 1.17.